The second kappa shape index (κ2) is 9.61. The Hall–Kier alpha value is -4.54. The highest BCUT2D eigenvalue weighted by Gasteiger charge is 2.26. The number of hydrogen-bond donors (Lipinski definition) is 3. The van der Waals surface area contributed by atoms with Crippen molar-refractivity contribution in [1.82, 2.24) is 29.6 Å². The van der Waals surface area contributed by atoms with Gasteiger partial charge in [0.15, 0.2) is 5.78 Å². The van der Waals surface area contributed by atoms with Crippen molar-refractivity contribution in [3.05, 3.63) is 72.5 Å². The minimum absolute atomic E-state index is 0.0873. The van der Waals surface area contributed by atoms with Crippen molar-refractivity contribution in [3.63, 3.8) is 0 Å². The van der Waals surface area contributed by atoms with Gasteiger partial charge in [-0.25, -0.2) is 4.39 Å². The number of halogens is 1. The first-order valence-electron chi connectivity index (χ1n) is 11.5. The number of nitrogens with zero attached hydrogens (tertiary/aromatic N) is 5. The molecule has 3 aromatic heterocycles. The van der Waals surface area contributed by atoms with Crippen molar-refractivity contribution in [2.75, 3.05) is 23.7 Å². The second-order valence-corrected chi connectivity index (χ2v) is 8.66. The number of carbonyl (C=O) groups is 2. The highest BCUT2D eigenvalue weighted by molar-refractivity contribution is 6.18. The standard InChI is InChI=1S/C25H25FN8O2/c1-3-20(35)34-10-4-5-17(14-34)29-24-21-19(22(36)15-6-8-16(26)9-7-15)12-27-23(21)31-25(32-24)30-18-11-28-33(2)13-18/h3,6-9,11-13,17H,1,4-5,10,14H2,2H3,(H3,27,29,30,31,32)/t17-/m1/s1. The van der Waals surface area contributed by atoms with E-state index >= 15 is 0 Å². The fraction of sp³-hybridized carbons (Fsp3) is 0.240. The van der Waals surface area contributed by atoms with E-state index in [1.807, 2.05) is 0 Å². The van der Waals surface area contributed by atoms with E-state index in [-0.39, 0.29) is 17.7 Å². The Morgan fingerprint density at radius 2 is 2.06 bits per heavy atom. The summed E-state index contributed by atoms with van der Waals surface area (Å²) in [6.07, 6.45) is 7.98. The fourth-order valence-corrected chi connectivity index (χ4v) is 4.36. The lowest BCUT2D eigenvalue weighted by atomic mass is 10.0. The number of hydrogen-bond acceptors (Lipinski definition) is 7. The number of H-pyrrole nitrogens is 1. The first-order valence-corrected chi connectivity index (χ1v) is 11.5. The molecule has 1 atom stereocenters. The predicted molar refractivity (Wildman–Crippen MR) is 134 cm³/mol. The molecule has 0 radical (unpaired) electrons. The van der Waals surface area contributed by atoms with Gasteiger partial charge in [-0.05, 0) is 43.2 Å². The van der Waals surface area contributed by atoms with Gasteiger partial charge in [-0.1, -0.05) is 6.58 Å². The molecular formula is C25H25FN8O2. The molecule has 0 aliphatic carbocycles. The number of aromatic nitrogens is 5. The second-order valence-electron chi connectivity index (χ2n) is 8.66. The zero-order valence-corrected chi connectivity index (χ0v) is 19.7. The summed E-state index contributed by atoms with van der Waals surface area (Å²) in [5, 5.41) is 11.2. The number of aryl methyl sites for hydroxylation is 1. The van der Waals surface area contributed by atoms with E-state index in [0.29, 0.717) is 52.7 Å². The largest absolute Gasteiger partial charge is 0.365 e. The summed E-state index contributed by atoms with van der Waals surface area (Å²) in [7, 11) is 1.81. The van der Waals surface area contributed by atoms with Gasteiger partial charge >= 0.3 is 0 Å². The summed E-state index contributed by atoms with van der Waals surface area (Å²) in [4.78, 5) is 39.6. The Morgan fingerprint density at radius 3 is 2.78 bits per heavy atom. The van der Waals surface area contributed by atoms with Crippen LogP contribution in [0.5, 0.6) is 0 Å². The van der Waals surface area contributed by atoms with Gasteiger partial charge in [0, 0.05) is 44.1 Å². The van der Waals surface area contributed by atoms with Crippen molar-refractivity contribution in [2.24, 2.45) is 7.05 Å². The summed E-state index contributed by atoms with van der Waals surface area (Å²) in [6.45, 7) is 4.73. The normalized spacial score (nSPS) is 15.6. The Labute approximate surface area is 206 Å². The van der Waals surface area contributed by atoms with Crippen LogP contribution in [0.2, 0.25) is 0 Å². The maximum atomic E-state index is 13.4. The lowest BCUT2D eigenvalue weighted by Gasteiger charge is -2.33. The van der Waals surface area contributed by atoms with E-state index in [2.05, 4.69) is 37.3 Å². The number of amides is 1. The molecule has 1 saturated heterocycles. The topological polar surface area (TPSA) is 121 Å². The number of nitrogens with one attached hydrogen (secondary N) is 3. The fourth-order valence-electron chi connectivity index (χ4n) is 4.36. The summed E-state index contributed by atoms with van der Waals surface area (Å²) < 4.78 is 15.1. The van der Waals surface area contributed by atoms with Gasteiger partial charge in [-0.15, -0.1) is 0 Å². The lowest BCUT2D eigenvalue weighted by molar-refractivity contribution is -0.127. The quantitative estimate of drug-likeness (QED) is 0.269. The molecule has 0 unspecified atom stereocenters. The zero-order chi connectivity index (χ0) is 25.2. The van der Waals surface area contributed by atoms with Crippen LogP contribution >= 0.6 is 0 Å². The molecular weight excluding hydrogens is 463 g/mol. The Balaban J connectivity index is 1.53. The van der Waals surface area contributed by atoms with Crippen LogP contribution in [-0.2, 0) is 11.8 Å². The number of fused-ring (bicyclic) bond motifs is 1. The third kappa shape index (κ3) is 4.67. The van der Waals surface area contributed by atoms with Gasteiger partial charge in [-0.3, -0.25) is 14.3 Å². The van der Waals surface area contributed by atoms with Crippen molar-refractivity contribution in [3.8, 4) is 0 Å². The molecule has 5 rings (SSSR count). The smallest absolute Gasteiger partial charge is 0.246 e. The minimum Gasteiger partial charge on any atom is -0.365 e. The monoisotopic (exact) mass is 488 g/mol. The molecule has 10 nitrogen and oxygen atoms in total. The van der Waals surface area contributed by atoms with E-state index in [9.17, 15) is 14.0 Å². The molecule has 1 amide bonds. The highest BCUT2D eigenvalue weighted by atomic mass is 19.1. The van der Waals surface area contributed by atoms with Crippen molar-refractivity contribution >= 4 is 40.2 Å². The minimum atomic E-state index is -0.418. The molecule has 0 spiro atoms. The van der Waals surface area contributed by atoms with Crippen LogP contribution in [0.1, 0.15) is 28.8 Å². The van der Waals surface area contributed by atoms with Gasteiger partial charge < -0.3 is 20.5 Å². The van der Waals surface area contributed by atoms with Crippen LogP contribution in [0.25, 0.3) is 11.0 Å². The zero-order valence-electron chi connectivity index (χ0n) is 19.7. The number of likely N-dealkylation sites (tertiary alicyclic amines) is 1. The molecule has 4 heterocycles. The van der Waals surface area contributed by atoms with Crippen LogP contribution in [0.4, 0.5) is 21.8 Å². The maximum Gasteiger partial charge on any atom is 0.246 e. The molecule has 11 heteroatoms. The molecule has 1 aliphatic rings. The summed E-state index contributed by atoms with van der Waals surface area (Å²) in [5.41, 5.74) is 1.87. The SMILES string of the molecule is C=CC(=O)N1CCC[C@@H](Nc2nc(Nc3cnn(C)c3)nc3[nH]cc(C(=O)c4ccc(F)cc4)c23)C1. The van der Waals surface area contributed by atoms with E-state index in [0.717, 1.165) is 12.8 Å². The van der Waals surface area contributed by atoms with Crippen molar-refractivity contribution in [2.45, 2.75) is 18.9 Å². The molecule has 0 bridgehead atoms. The number of piperidine rings is 1. The first-order chi connectivity index (χ1) is 17.4. The van der Waals surface area contributed by atoms with E-state index in [4.69, 9.17) is 0 Å². The van der Waals surface area contributed by atoms with Crippen LogP contribution < -0.4 is 10.6 Å². The van der Waals surface area contributed by atoms with Gasteiger partial charge in [0.05, 0.1) is 22.8 Å². The van der Waals surface area contributed by atoms with Crippen molar-refractivity contribution in [1.29, 1.82) is 0 Å². The molecule has 0 saturated carbocycles. The van der Waals surface area contributed by atoms with Gasteiger partial charge in [0.2, 0.25) is 11.9 Å². The third-order valence-corrected chi connectivity index (χ3v) is 6.09. The molecule has 1 fully saturated rings. The maximum absolute atomic E-state index is 13.4. The summed E-state index contributed by atoms with van der Waals surface area (Å²) in [6, 6.07) is 5.31. The molecule has 3 N–H and O–H groups in total. The Morgan fingerprint density at radius 1 is 1.25 bits per heavy atom. The van der Waals surface area contributed by atoms with Gasteiger partial charge in [0.25, 0.3) is 0 Å². The predicted octanol–water partition coefficient (Wildman–Crippen LogP) is 3.39. The third-order valence-electron chi connectivity index (χ3n) is 6.09. The van der Waals surface area contributed by atoms with E-state index in [1.54, 1.807) is 35.2 Å². The molecule has 4 aromatic rings. The first kappa shape index (κ1) is 23.2. The van der Waals surface area contributed by atoms with E-state index in [1.165, 1.54) is 30.3 Å². The van der Waals surface area contributed by atoms with Gasteiger partial charge in [0.1, 0.15) is 17.3 Å². The average molecular weight is 489 g/mol. The number of aromatic amines is 1. The van der Waals surface area contributed by atoms with Gasteiger partial charge in [-0.2, -0.15) is 15.1 Å². The number of ketones is 1. The van der Waals surface area contributed by atoms with Crippen LogP contribution in [0, 0.1) is 5.82 Å². The number of rotatable bonds is 7. The van der Waals surface area contributed by atoms with Crippen LogP contribution in [0.15, 0.2) is 55.5 Å². The molecule has 184 valence electrons. The molecule has 36 heavy (non-hydrogen) atoms. The van der Waals surface area contributed by atoms with E-state index < -0.39 is 5.82 Å². The van der Waals surface area contributed by atoms with Crippen LogP contribution in [0.3, 0.4) is 0 Å². The number of anilines is 3. The molecule has 1 aliphatic heterocycles. The summed E-state index contributed by atoms with van der Waals surface area (Å²) in [5.74, 6) is -0.0558. The summed E-state index contributed by atoms with van der Waals surface area (Å²) >= 11 is 0. The molecule has 1 aromatic carbocycles. The average Bonchev–Trinajstić information content (AvgIpc) is 3.49. The highest BCUT2D eigenvalue weighted by Crippen LogP contribution is 2.30. The van der Waals surface area contributed by atoms with Crippen molar-refractivity contribution < 1.29 is 14.0 Å². The Bertz CT molecular complexity index is 1440. The number of benzene rings is 1. The number of carbonyl (C=O) groups excluding carboxylic acids is 2. The lowest BCUT2D eigenvalue weighted by Crippen LogP contribution is -2.44. The Kier molecular flexibility index (Phi) is 6.19. The van der Waals surface area contributed by atoms with Crippen LogP contribution in [-0.4, -0.2) is 60.5 Å².